The van der Waals surface area contributed by atoms with Crippen LogP contribution in [0.5, 0.6) is 0 Å². The fraction of sp³-hybridized carbons (Fsp3) is 0.115. The third-order valence-corrected chi connectivity index (χ3v) is 6.73. The van der Waals surface area contributed by atoms with Gasteiger partial charge in [-0.05, 0) is 42.8 Å². The molecule has 0 unspecified atom stereocenters. The van der Waals surface area contributed by atoms with Gasteiger partial charge in [0.15, 0.2) is 5.65 Å². The van der Waals surface area contributed by atoms with E-state index in [-0.39, 0.29) is 17.1 Å². The van der Waals surface area contributed by atoms with E-state index in [1.807, 2.05) is 0 Å². The standard InChI is InChI=1S/C26H19F3N6O2S/c1-18-3-6-22(11-20(18)5-4-19-15-31-25-7-8-32-34(25)16-19)35(38(2,36)37)24-13-21(26(27,28)29)12-23(14-24)33-10-9-30-17-33/h3,6-17H,1-2H3. The lowest BCUT2D eigenvalue weighted by Crippen LogP contribution is -2.25. The molecule has 3 heterocycles. The Morgan fingerprint density at radius 1 is 1.00 bits per heavy atom. The Morgan fingerprint density at radius 2 is 1.82 bits per heavy atom. The molecule has 3 aromatic heterocycles. The second-order valence-electron chi connectivity index (χ2n) is 8.46. The van der Waals surface area contributed by atoms with Crippen LogP contribution in [0.3, 0.4) is 0 Å². The van der Waals surface area contributed by atoms with Gasteiger partial charge in [0.1, 0.15) is 0 Å². The van der Waals surface area contributed by atoms with E-state index in [0.717, 1.165) is 28.3 Å². The van der Waals surface area contributed by atoms with Gasteiger partial charge in [-0.1, -0.05) is 17.9 Å². The first-order chi connectivity index (χ1) is 18.0. The van der Waals surface area contributed by atoms with Crippen LogP contribution in [-0.4, -0.2) is 38.8 Å². The first kappa shape index (κ1) is 25.0. The topological polar surface area (TPSA) is 85.4 Å². The van der Waals surface area contributed by atoms with Gasteiger partial charge in [-0.25, -0.2) is 27.2 Å². The van der Waals surface area contributed by atoms with E-state index in [1.165, 1.54) is 41.5 Å². The molecule has 0 aliphatic carbocycles. The Labute approximate surface area is 216 Å². The molecule has 0 spiro atoms. The fourth-order valence-electron chi connectivity index (χ4n) is 3.85. The molecule has 0 aliphatic heterocycles. The lowest BCUT2D eigenvalue weighted by molar-refractivity contribution is -0.137. The van der Waals surface area contributed by atoms with Gasteiger partial charge >= 0.3 is 6.18 Å². The fourth-order valence-corrected chi connectivity index (χ4v) is 4.84. The van der Waals surface area contributed by atoms with Crippen molar-refractivity contribution in [2.45, 2.75) is 13.1 Å². The number of hydrogen-bond acceptors (Lipinski definition) is 5. The van der Waals surface area contributed by atoms with Gasteiger partial charge in [-0.15, -0.1) is 0 Å². The van der Waals surface area contributed by atoms with E-state index in [9.17, 15) is 21.6 Å². The molecule has 0 fully saturated rings. The summed E-state index contributed by atoms with van der Waals surface area (Å²) < 4.78 is 71.0. The predicted octanol–water partition coefficient (Wildman–Crippen LogP) is 4.74. The second kappa shape index (κ2) is 9.35. The van der Waals surface area contributed by atoms with Crippen LogP contribution in [0.1, 0.15) is 22.3 Å². The molecule has 0 amide bonds. The third-order valence-electron chi connectivity index (χ3n) is 5.64. The van der Waals surface area contributed by atoms with Crippen molar-refractivity contribution in [3.05, 3.63) is 102 Å². The minimum Gasteiger partial charge on any atom is -0.306 e. The number of nitrogens with zero attached hydrogens (tertiary/aromatic N) is 6. The highest BCUT2D eigenvalue weighted by atomic mass is 32.2. The van der Waals surface area contributed by atoms with Gasteiger partial charge in [0, 0.05) is 42.1 Å². The number of alkyl halides is 3. The first-order valence-corrected chi connectivity index (χ1v) is 13.0. The SMILES string of the molecule is Cc1ccc(N(c2cc(-n3ccnc3)cc(C(F)(F)F)c2)S(C)(=O)=O)cc1C#Cc1cnc2ccnn2c1. The first-order valence-electron chi connectivity index (χ1n) is 11.1. The summed E-state index contributed by atoms with van der Waals surface area (Å²) in [6.07, 6.45) is 5.35. The number of imidazole rings is 1. The molecule has 38 heavy (non-hydrogen) atoms. The number of hydrogen-bond donors (Lipinski definition) is 0. The number of benzene rings is 2. The third kappa shape index (κ3) is 5.09. The molecule has 0 saturated heterocycles. The van der Waals surface area contributed by atoms with E-state index in [1.54, 1.807) is 42.2 Å². The molecule has 8 nitrogen and oxygen atoms in total. The van der Waals surface area contributed by atoms with Crippen molar-refractivity contribution < 1.29 is 21.6 Å². The number of halogens is 3. The Bertz CT molecular complexity index is 1820. The Balaban J connectivity index is 1.62. The summed E-state index contributed by atoms with van der Waals surface area (Å²) in [5.41, 5.74) is 1.56. The molecule has 0 atom stereocenters. The molecule has 0 radical (unpaired) electrons. The number of sulfonamides is 1. The highest BCUT2D eigenvalue weighted by Gasteiger charge is 2.33. The molecular weight excluding hydrogens is 517 g/mol. The summed E-state index contributed by atoms with van der Waals surface area (Å²) in [5, 5.41) is 4.13. The minimum atomic E-state index is -4.71. The molecule has 12 heteroatoms. The van der Waals surface area contributed by atoms with Crippen molar-refractivity contribution in [1.29, 1.82) is 0 Å². The molecule has 0 saturated carbocycles. The van der Waals surface area contributed by atoms with Crippen molar-refractivity contribution in [2.75, 3.05) is 10.6 Å². The summed E-state index contributed by atoms with van der Waals surface area (Å²) in [5.74, 6) is 5.99. The Hall–Kier alpha value is -4.63. The van der Waals surface area contributed by atoms with Crippen molar-refractivity contribution in [2.24, 2.45) is 0 Å². The average Bonchev–Trinajstić information content (AvgIpc) is 3.55. The molecule has 2 aromatic carbocycles. The lowest BCUT2D eigenvalue weighted by Gasteiger charge is -2.25. The van der Waals surface area contributed by atoms with E-state index in [0.29, 0.717) is 16.8 Å². The van der Waals surface area contributed by atoms with Crippen LogP contribution in [0.25, 0.3) is 11.3 Å². The van der Waals surface area contributed by atoms with Gasteiger partial charge in [0.25, 0.3) is 0 Å². The maximum atomic E-state index is 13.8. The quantitative estimate of drug-likeness (QED) is 0.310. The largest absolute Gasteiger partial charge is 0.416 e. The van der Waals surface area contributed by atoms with Crippen LogP contribution >= 0.6 is 0 Å². The average molecular weight is 537 g/mol. The zero-order valence-corrected chi connectivity index (χ0v) is 20.9. The number of fused-ring (bicyclic) bond motifs is 1. The van der Waals surface area contributed by atoms with Crippen molar-refractivity contribution in [3.8, 4) is 17.5 Å². The van der Waals surface area contributed by atoms with Crippen molar-refractivity contribution in [3.63, 3.8) is 0 Å². The van der Waals surface area contributed by atoms with Gasteiger partial charge in [-0.2, -0.15) is 18.3 Å². The number of anilines is 2. The monoisotopic (exact) mass is 536 g/mol. The van der Waals surface area contributed by atoms with Crippen LogP contribution in [0.4, 0.5) is 24.5 Å². The highest BCUT2D eigenvalue weighted by molar-refractivity contribution is 7.92. The molecular formula is C26H19F3N6O2S. The second-order valence-corrected chi connectivity index (χ2v) is 10.3. The normalized spacial score (nSPS) is 11.8. The van der Waals surface area contributed by atoms with Crippen molar-refractivity contribution in [1.82, 2.24) is 24.1 Å². The zero-order chi connectivity index (χ0) is 27.1. The molecule has 5 rings (SSSR count). The van der Waals surface area contributed by atoms with E-state index in [4.69, 9.17) is 0 Å². The van der Waals surface area contributed by atoms with E-state index >= 15 is 0 Å². The number of aromatic nitrogens is 5. The van der Waals surface area contributed by atoms with Gasteiger partial charge in [-0.3, -0.25) is 0 Å². The van der Waals surface area contributed by atoms with E-state index in [2.05, 4.69) is 26.9 Å². The molecule has 0 aliphatic rings. The van der Waals surface area contributed by atoms with E-state index < -0.39 is 21.8 Å². The minimum absolute atomic E-state index is 0.106. The van der Waals surface area contributed by atoms with Crippen LogP contribution in [0.2, 0.25) is 0 Å². The van der Waals surface area contributed by atoms with Gasteiger partial charge < -0.3 is 4.57 Å². The van der Waals surface area contributed by atoms with Crippen molar-refractivity contribution >= 4 is 27.0 Å². The van der Waals surface area contributed by atoms with Gasteiger partial charge in [0.05, 0.1) is 41.3 Å². The summed E-state index contributed by atoms with van der Waals surface area (Å²) in [4.78, 5) is 8.14. The molecule has 0 bridgehead atoms. The molecule has 0 N–H and O–H groups in total. The van der Waals surface area contributed by atoms with Crippen LogP contribution in [0.15, 0.2) is 79.8 Å². The zero-order valence-electron chi connectivity index (χ0n) is 20.0. The predicted molar refractivity (Wildman–Crippen MR) is 136 cm³/mol. The van der Waals surface area contributed by atoms with Crippen LogP contribution in [0, 0.1) is 18.8 Å². The summed E-state index contributed by atoms with van der Waals surface area (Å²) in [7, 11) is -4.06. The summed E-state index contributed by atoms with van der Waals surface area (Å²) in [6, 6.07) is 9.55. The number of aryl methyl sites for hydroxylation is 1. The lowest BCUT2D eigenvalue weighted by atomic mass is 10.1. The Kier molecular flexibility index (Phi) is 6.16. The molecule has 5 aromatic rings. The highest BCUT2D eigenvalue weighted by Crippen LogP contribution is 2.37. The van der Waals surface area contributed by atoms with Gasteiger partial charge in [0.2, 0.25) is 10.0 Å². The smallest absolute Gasteiger partial charge is 0.306 e. The number of rotatable bonds is 4. The summed E-state index contributed by atoms with van der Waals surface area (Å²) in [6.45, 7) is 1.80. The summed E-state index contributed by atoms with van der Waals surface area (Å²) >= 11 is 0. The maximum Gasteiger partial charge on any atom is 0.416 e. The van der Waals surface area contributed by atoms with Crippen LogP contribution < -0.4 is 4.31 Å². The maximum absolute atomic E-state index is 13.8. The Morgan fingerprint density at radius 3 is 2.53 bits per heavy atom. The molecule has 192 valence electrons. The van der Waals surface area contributed by atoms with Crippen LogP contribution in [-0.2, 0) is 16.2 Å².